The van der Waals surface area contributed by atoms with Crippen LogP contribution < -0.4 is 0 Å². The maximum atomic E-state index is 4.85. The van der Waals surface area contributed by atoms with Crippen LogP contribution in [0.3, 0.4) is 0 Å². The van der Waals surface area contributed by atoms with Gasteiger partial charge < -0.3 is 0 Å². The van der Waals surface area contributed by atoms with Crippen molar-refractivity contribution >= 4 is 6.08 Å². The number of imidazole rings is 1. The number of hydrogen-bond acceptors (Lipinski definition) is 3. The van der Waals surface area contributed by atoms with E-state index in [0.717, 1.165) is 47.1 Å². The van der Waals surface area contributed by atoms with E-state index in [-0.39, 0.29) is 0 Å². The SMILES string of the molecule is Cc1cccnc1-n1c(-c2ccccn2)nc2c1C=CCC2. The van der Waals surface area contributed by atoms with Gasteiger partial charge in [-0.05, 0) is 49.6 Å². The highest BCUT2D eigenvalue weighted by Gasteiger charge is 2.21. The normalized spacial score (nSPS) is 13.1. The average Bonchev–Trinajstić information content (AvgIpc) is 2.95. The lowest BCUT2D eigenvalue weighted by molar-refractivity contribution is 0.925. The Morgan fingerprint density at radius 3 is 2.77 bits per heavy atom. The lowest BCUT2D eigenvalue weighted by atomic mass is 10.1. The summed E-state index contributed by atoms with van der Waals surface area (Å²) in [5.41, 5.74) is 4.23. The largest absolute Gasteiger partial charge is 0.275 e. The first-order valence-corrected chi connectivity index (χ1v) is 7.46. The molecule has 0 radical (unpaired) electrons. The van der Waals surface area contributed by atoms with E-state index < -0.39 is 0 Å². The number of hydrogen-bond donors (Lipinski definition) is 0. The number of pyridine rings is 2. The summed E-state index contributed by atoms with van der Waals surface area (Å²) in [6.45, 7) is 2.07. The molecular weight excluding hydrogens is 272 g/mol. The summed E-state index contributed by atoms with van der Waals surface area (Å²) in [6.07, 6.45) is 9.96. The molecule has 4 nitrogen and oxygen atoms in total. The standard InChI is InChI=1S/C18H16N4/c1-13-7-6-12-20-17(13)22-16-10-3-2-8-14(16)21-18(22)15-9-4-5-11-19-15/h3-7,9-12H,2,8H2,1H3. The van der Waals surface area contributed by atoms with Crippen LogP contribution in [0.5, 0.6) is 0 Å². The maximum absolute atomic E-state index is 4.85. The molecule has 108 valence electrons. The zero-order chi connectivity index (χ0) is 14.9. The Labute approximate surface area is 129 Å². The Balaban J connectivity index is 2.02. The fraction of sp³-hybridized carbons (Fsp3) is 0.167. The summed E-state index contributed by atoms with van der Waals surface area (Å²) in [7, 11) is 0. The third-order valence-corrected chi connectivity index (χ3v) is 3.90. The van der Waals surface area contributed by atoms with Crippen LogP contribution in [0.25, 0.3) is 23.4 Å². The topological polar surface area (TPSA) is 43.6 Å². The zero-order valence-corrected chi connectivity index (χ0v) is 12.4. The van der Waals surface area contributed by atoms with Crippen molar-refractivity contribution < 1.29 is 0 Å². The molecule has 1 aliphatic carbocycles. The zero-order valence-electron chi connectivity index (χ0n) is 12.4. The molecule has 0 bridgehead atoms. The van der Waals surface area contributed by atoms with Crippen LogP contribution >= 0.6 is 0 Å². The van der Waals surface area contributed by atoms with Crippen LogP contribution in [0, 0.1) is 6.92 Å². The van der Waals surface area contributed by atoms with Crippen molar-refractivity contribution in [2.45, 2.75) is 19.8 Å². The Hall–Kier alpha value is -2.75. The third-order valence-electron chi connectivity index (χ3n) is 3.90. The van der Waals surface area contributed by atoms with E-state index in [4.69, 9.17) is 4.98 Å². The molecule has 4 heteroatoms. The number of fused-ring (bicyclic) bond motifs is 1. The minimum absolute atomic E-state index is 0.860. The summed E-state index contributed by atoms with van der Waals surface area (Å²) in [5, 5.41) is 0. The highest BCUT2D eigenvalue weighted by molar-refractivity contribution is 5.64. The van der Waals surface area contributed by atoms with Crippen molar-refractivity contribution in [1.82, 2.24) is 19.5 Å². The molecule has 0 N–H and O–H groups in total. The van der Waals surface area contributed by atoms with E-state index in [9.17, 15) is 0 Å². The minimum atomic E-state index is 0.860. The van der Waals surface area contributed by atoms with E-state index in [0.29, 0.717) is 0 Å². The monoisotopic (exact) mass is 288 g/mol. The number of allylic oxidation sites excluding steroid dienone is 1. The van der Waals surface area contributed by atoms with Gasteiger partial charge in [-0.2, -0.15) is 0 Å². The summed E-state index contributed by atoms with van der Waals surface area (Å²) in [4.78, 5) is 13.9. The van der Waals surface area contributed by atoms with Gasteiger partial charge >= 0.3 is 0 Å². The van der Waals surface area contributed by atoms with Crippen molar-refractivity contribution in [3.8, 4) is 17.3 Å². The van der Waals surface area contributed by atoms with E-state index in [1.807, 2.05) is 30.5 Å². The second-order valence-corrected chi connectivity index (χ2v) is 5.40. The number of aromatic nitrogens is 4. The number of rotatable bonds is 2. The molecule has 0 saturated carbocycles. The van der Waals surface area contributed by atoms with Crippen molar-refractivity contribution in [3.63, 3.8) is 0 Å². The van der Waals surface area contributed by atoms with E-state index in [1.54, 1.807) is 6.20 Å². The molecule has 0 spiro atoms. The maximum Gasteiger partial charge on any atom is 0.165 e. The predicted molar refractivity (Wildman–Crippen MR) is 86.7 cm³/mol. The van der Waals surface area contributed by atoms with E-state index >= 15 is 0 Å². The summed E-state index contributed by atoms with van der Waals surface area (Å²) < 4.78 is 2.13. The van der Waals surface area contributed by atoms with Gasteiger partial charge in [-0.3, -0.25) is 9.55 Å². The highest BCUT2D eigenvalue weighted by Crippen LogP contribution is 2.29. The van der Waals surface area contributed by atoms with Gasteiger partial charge in [-0.1, -0.05) is 18.2 Å². The molecule has 0 fully saturated rings. The van der Waals surface area contributed by atoms with Crippen LogP contribution in [0.1, 0.15) is 23.4 Å². The molecule has 4 rings (SSSR count). The van der Waals surface area contributed by atoms with Gasteiger partial charge in [-0.25, -0.2) is 9.97 Å². The van der Waals surface area contributed by atoms with E-state index in [1.165, 1.54) is 0 Å². The van der Waals surface area contributed by atoms with Crippen molar-refractivity contribution in [2.24, 2.45) is 0 Å². The summed E-state index contributed by atoms with van der Waals surface area (Å²) in [6, 6.07) is 9.93. The second kappa shape index (κ2) is 5.22. The highest BCUT2D eigenvalue weighted by atomic mass is 15.2. The van der Waals surface area contributed by atoms with Crippen molar-refractivity contribution in [1.29, 1.82) is 0 Å². The number of nitrogens with zero attached hydrogens (tertiary/aromatic N) is 4. The molecule has 0 atom stereocenters. The molecule has 1 aliphatic rings. The van der Waals surface area contributed by atoms with Crippen LogP contribution in [0.4, 0.5) is 0 Å². The average molecular weight is 288 g/mol. The Bertz CT molecular complexity index is 847. The summed E-state index contributed by atoms with van der Waals surface area (Å²) in [5.74, 6) is 1.78. The molecule has 3 aromatic heterocycles. The molecule has 0 saturated heterocycles. The van der Waals surface area contributed by atoms with Gasteiger partial charge in [0.05, 0.1) is 11.4 Å². The fourth-order valence-corrected chi connectivity index (χ4v) is 2.84. The Kier molecular flexibility index (Phi) is 3.07. The van der Waals surface area contributed by atoms with Gasteiger partial charge in [-0.15, -0.1) is 0 Å². The molecule has 0 aliphatic heterocycles. The van der Waals surface area contributed by atoms with Gasteiger partial charge in [0.1, 0.15) is 11.5 Å². The molecule has 3 heterocycles. The first-order chi connectivity index (χ1) is 10.8. The van der Waals surface area contributed by atoms with Gasteiger partial charge in [0.15, 0.2) is 5.82 Å². The molecule has 22 heavy (non-hydrogen) atoms. The quantitative estimate of drug-likeness (QED) is 0.723. The summed E-state index contributed by atoms with van der Waals surface area (Å²) >= 11 is 0. The molecule has 0 unspecified atom stereocenters. The fourth-order valence-electron chi connectivity index (χ4n) is 2.84. The van der Waals surface area contributed by atoms with Crippen LogP contribution in [0.2, 0.25) is 0 Å². The molecule has 0 aromatic carbocycles. The molecular formula is C18H16N4. The van der Waals surface area contributed by atoms with Gasteiger partial charge in [0.25, 0.3) is 0 Å². The van der Waals surface area contributed by atoms with E-state index in [2.05, 4.69) is 39.7 Å². The Morgan fingerprint density at radius 1 is 1.05 bits per heavy atom. The van der Waals surface area contributed by atoms with Gasteiger partial charge in [0.2, 0.25) is 0 Å². The lowest BCUT2D eigenvalue weighted by Crippen LogP contribution is -2.06. The number of aryl methyl sites for hydroxylation is 2. The Morgan fingerprint density at radius 2 is 1.95 bits per heavy atom. The second-order valence-electron chi connectivity index (χ2n) is 5.40. The smallest absolute Gasteiger partial charge is 0.165 e. The molecule has 3 aromatic rings. The minimum Gasteiger partial charge on any atom is -0.275 e. The first-order valence-electron chi connectivity index (χ1n) is 7.46. The molecule has 0 amide bonds. The van der Waals surface area contributed by atoms with Crippen LogP contribution in [0.15, 0.2) is 48.8 Å². The van der Waals surface area contributed by atoms with Crippen LogP contribution in [-0.4, -0.2) is 19.5 Å². The van der Waals surface area contributed by atoms with Gasteiger partial charge in [0, 0.05) is 12.4 Å². The van der Waals surface area contributed by atoms with Crippen LogP contribution in [-0.2, 0) is 6.42 Å². The first kappa shape index (κ1) is 13.0. The van der Waals surface area contributed by atoms with Crippen molar-refractivity contribution in [2.75, 3.05) is 0 Å². The predicted octanol–water partition coefficient (Wildman–Crippen LogP) is 3.60. The lowest BCUT2D eigenvalue weighted by Gasteiger charge is -2.13. The third kappa shape index (κ3) is 2.04. The van der Waals surface area contributed by atoms with Crippen molar-refractivity contribution in [3.05, 3.63) is 65.8 Å².